The monoisotopic (exact) mass is 1080 g/mol. The van der Waals surface area contributed by atoms with Gasteiger partial charge in [-0.2, -0.15) is 0 Å². The predicted molar refractivity (Wildman–Crippen MR) is 268 cm³/mol. The number of nitrogens with zero attached hydrogens (tertiary/aromatic N) is 2. The molecule has 0 aromatic heterocycles. The molecule has 0 aromatic carbocycles. The third kappa shape index (κ3) is 44.4. The van der Waals surface area contributed by atoms with E-state index in [-0.39, 0.29) is 26.4 Å². The van der Waals surface area contributed by atoms with Crippen molar-refractivity contribution in [2.75, 3.05) is 235 Å². The van der Waals surface area contributed by atoms with Crippen LogP contribution in [0.4, 0.5) is 19.2 Å². The molecule has 428 valence electrons. The first-order valence-electron chi connectivity index (χ1n) is 24.0. The highest BCUT2D eigenvalue weighted by Gasteiger charge is 2.37. The van der Waals surface area contributed by atoms with Crippen LogP contribution >= 0.6 is 0 Å². The lowest BCUT2D eigenvalue weighted by atomic mass is 10.4. The van der Waals surface area contributed by atoms with E-state index in [1.807, 2.05) is 16.3 Å². The summed E-state index contributed by atoms with van der Waals surface area (Å²) in [6.45, 7) is 12.5. The van der Waals surface area contributed by atoms with Gasteiger partial charge in [0.05, 0.1) is 79.3 Å². The summed E-state index contributed by atoms with van der Waals surface area (Å²) >= 11 is 0. The fraction of sp³-hybridized carbons (Fsp3) is 0.907. The first kappa shape index (κ1) is 71.0. The molecule has 0 aliphatic carbocycles. The van der Waals surface area contributed by atoms with Gasteiger partial charge < -0.3 is 100 Å². The number of hydrogen-bond acceptors (Lipinski definition) is 23. The smallest absolute Gasteiger partial charge is 0.448 e. The number of ether oxygens (including phenoxy) is 12. The van der Waals surface area contributed by atoms with Gasteiger partial charge in [-0.05, 0) is 19.5 Å². The molecule has 0 rings (SSSR count). The van der Waals surface area contributed by atoms with E-state index in [1.165, 1.54) is 0 Å². The fourth-order valence-corrected chi connectivity index (χ4v) is 8.55. The number of carbonyl (C=O) groups excluding carboxylic acids is 4. The van der Waals surface area contributed by atoms with Gasteiger partial charge in [-0.3, -0.25) is 9.80 Å². The van der Waals surface area contributed by atoms with Gasteiger partial charge in [0, 0.05) is 135 Å². The lowest BCUT2D eigenvalue weighted by molar-refractivity contribution is 0.0686. The zero-order valence-electron chi connectivity index (χ0n) is 45.0. The molecule has 0 saturated heterocycles. The van der Waals surface area contributed by atoms with Crippen molar-refractivity contribution in [3.63, 3.8) is 0 Å². The van der Waals surface area contributed by atoms with Crippen LogP contribution in [0.25, 0.3) is 0 Å². The van der Waals surface area contributed by atoms with Gasteiger partial charge in [0.15, 0.2) is 0 Å². The summed E-state index contributed by atoms with van der Waals surface area (Å²) < 4.78 is 89.1. The molecule has 0 saturated carbocycles. The second-order valence-electron chi connectivity index (χ2n) is 15.0. The summed E-state index contributed by atoms with van der Waals surface area (Å²) in [7, 11) is 9.40. The number of nitrogens with one attached hydrogen (secondary N) is 4. The van der Waals surface area contributed by atoms with Crippen molar-refractivity contribution in [1.29, 1.82) is 0 Å². The topological polar surface area (TPSA) is 280 Å². The van der Waals surface area contributed by atoms with E-state index >= 15 is 0 Å². The van der Waals surface area contributed by atoms with Gasteiger partial charge in [-0.15, -0.1) is 0 Å². The molecule has 0 atom stereocenters. The normalized spacial score (nSPS) is 11.5. The Balaban J connectivity index is 0. The van der Waals surface area contributed by atoms with Gasteiger partial charge >= 0.3 is 41.7 Å². The fourth-order valence-electron chi connectivity index (χ4n) is 5.55. The van der Waals surface area contributed by atoms with E-state index in [4.69, 9.17) is 79.0 Å². The highest BCUT2D eigenvalue weighted by Crippen LogP contribution is 2.15. The second-order valence-corrected chi connectivity index (χ2v) is 21.7. The van der Waals surface area contributed by atoms with E-state index in [0.29, 0.717) is 157 Å². The average molecular weight is 1090 g/mol. The number of rotatable bonds is 48. The van der Waals surface area contributed by atoms with Crippen LogP contribution in [0.15, 0.2) is 0 Å². The van der Waals surface area contributed by atoms with Crippen LogP contribution < -0.4 is 21.3 Å². The highest BCUT2D eigenvalue weighted by atomic mass is 28.4. The molecule has 0 aliphatic rings. The summed E-state index contributed by atoms with van der Waals surface area (Å²) in [4.78, 5) is 51.5. The molecule has 0 aliphatic heterocycles. The number of hydrogen-bond donors (Lipinski definition) is 4. The molecular formula is C43H92N6O21Si2. The lowest BCUT2D eigenvalue weighted by Crippen LogP contribution is -2.43. The molecule has 0 heterocycles. The number of amides is 4. The molecular weight excluding hydrogens is 993 g/mol. The van der Waals surface area contributed by atoms with Crippen LogP contribution in [0.1, 0.15) is 6.42 Å². The van der Waals surface area contributed by atoms with E-state index in [0.717, 1.165) is 6.42 Å². The van der Waals surface area contributed by atoms with E-state index in [1.54, 1.807) is 64.0 Å². The summed E-state index contributed by atoms with van der Waals surface area (Å²) in [6.07, 6.45) is -1.36. The summed E-state index contributed by atoms with van der Waals surface area (Å²) in [6, 6.07) is 1.32. The van der Waals surface area contributed by atoms with Gasteiger partial charge in [-0.25, -0.2) is 19.2 Å². The Labute approximate surface area is 430 Å². The van der Waals surface area contributed by atoms with E-state index in [9.17, 15) is 19.2 Å². The van der Waals surface area contributed by atoms with Crippen LogP contribution in [-0.4, -0.2) is 287 Å². The molecule has 0 aromatic rings. The molecule has 0 fully saturated rings. The van der Waals surface area contributed by atoms with Gasteiger partial charge in [0.1, 0.15) is 26.4 Å². The standard InChI is InChI=1S/C22H47N3O11Si.C21H45N3O10Si/c1-28-16-18-33-12-7-23-21(26)35-14-10-25(9-6-20-37(30-3,31-4)32-5)11-15-36-22(27)24-8-13-34-19-17-29-2;1-27-15-17-31-11-6-22-20(25)33-13-8-24(10-19-35(5,29-3)30-4)9-14-34-21(26)23-7-12-32-18-16-28-2/h6-20H2,1-5H3,(H,23,26)(H,24,27);6-19H2,1-5H3,(H,22,25)(H,23,26). The van der Waals surface area contributed by atoms with Crippen LogP contribution in [0.3, 0.4) is 0 Å². The molecule has 72 heavy (non-hydrogen) atoms. The number of methoxy groups -OCH3 is 4. The molecule has 29 heteroatoms. The van der Waals surface area contributed by atoms with Gasteiger partial charge in [0.2, 0.25) is 0 Å². The highest BCUT2D eigenvalue weighted by molar-refractivity contribution is 6.66. The minimum Gasteiger partial charge on any atom is -0.448 e. The van der Waals surface area contributed by atoms with E-state index in [2.05, 4.69) is 21.3 Å². The van der Waals surface area contributed by atoms with Crippen LogP contribution in [0, 0.1) is 0 Å². The maximum absolute atomic E-state index is 11.9. The third-order valence-corrected chi connectivity index (χ3v) is 15.7. The van der Waals surface area contributed by atoms with Gasteiger partial charge in [0.25, 0.3) is 0 Å². The first-order chi connectivity index (χ1) is 34.9. The minimum atomic E-state index is -2.69. The van der Waals surface area contributed by atoms with Crippen molar-refractivity contribution in [2.45, 2.75) is 25.1 Å². The average Bonchev–Trinajstić information content (AvgIpc) is 3.38. The van der Waals surface area contributed by atoms with Crippen molar-refractivity contribution in [3.8, 4) is 0 Å². The first-order valence-corrected chi connectivity index (χ1v) is 28.4. The summed E-state index contributed by atoms with van der Waals surface area (Å²) in [5.74, 6) is 0. The lowest BCUT2D eigenvalue weighted by Gasteiger charge is -2.27. The zero-order chi connectivity index (χ0) is 53.8. The molecule has 0 unspecified atom stereocenters. The largest absolute Gasteiger partial charge is 0.500 e. The Kier molecular flexibility index (Phi) is 50.7. The van der Waals surface area contributed by atoms with Crippen molar-refractivity contribution >= 4 is 41.7 Å². The maximum Gasteiger partial charge on any atom is 0.500 e. The Hall–Kier alpha value is -3.09. The molecule has 0 radical (unpaired) electrons. The summed E-state index contributed by atoms with van der Waals surface area (Å²) in [5, 5.41) is 10.5. The summed E-state index contributed by atoms with van der Waals surface area (Å²) in [5.41, 5.74) is 0. The Morgan fingerprint density at radius 3 is 0.903 bits per heavy atom. The van der Waals surface area contributed by atoms with Crippen molar-refractivity contribution in [2.24, 2.45) is 0 Å². The third-order valence-electron chi connectivity index (χ3n) is 9.99. The Bertz CT molecular complexity index is 1200. The number of carbonyl (C=O) groups is 4. The number of alkyl carbamates (subject to hydrolysis) is 4. The van der Waals surface area contributed by atoms with Crippen molar-refractivity contribution in [1.82, 2.24) is 31.1 Å². The minimum absolute atomic E-state index is 0.169. The maximum atomic E-state index is 11.9. The van der Waals surface area contributed by atoms with Gasteiger partial charge in [-0.1, -0.05) is 0 Å². The van der Waals surface area contributed by atoms with Crippen LogP contribution in [0.5, 0.6) is 0 Å². The second kappa shape index (κ2) is 51.4. The molecule has 27 nitrogen and oxygen atoms in total. The quantitative estimate of drug-likeness (QED) is 0.0372. The van der Waals surface area contributed by atoms with Crippen LogP contribution in [0.2, 0.25) is 18.6 Å². The molecule has 0 bridgehead atoms. The predicted octanol–water partition coefficient (Wildman–Crippen LogP) is 0.767. The molecule has 0 spiro atoms. The molecule has 4 amide bonds. The Morgan fingerprint density at radius 1 is 0.347 bits per heavy atom. The van der Waals surface area contributed by atoms with E-state index < -0.39 is 41.7 Å². The van der Waals surface area contributed by atoms with Crippen molar-refractivity contribution in [3.05, 3.63) is 0 Å². The Morgan fingerprint density at radius 2 is 0.639 bits per heavy atom. The van der Waals surface area contributed by atoms with Crippen LogP contribution in [-0.2, 0) is 79.0 Å². The van der Waals surface area contributed by atoms with Crippen molar-refractivity contribution < 1.29 is 98.2 Å². The zero-order valence-corrected chi connectivity index (χ0v) is 47.0. The SMILES string of the molecule is COCCOCCNC(=O)OCCN(CCC[Si](OC)(OC)OC)CCOC(=O)NCCOCCOC.COCCOCCNC(=O)OCCN(CCOC(=O)NCCOCCOC)CC[Si](C)(OC)OC. The molecule has 4 N–H and O–H groups in total.